The molecule has 2 rings (SSSR count). The number of hydrogen-bond acceptors (Lipinski definition) is 5. The highest BCUT2D eigenvalue weighted by Gasteiger charge is 2.18. The van der Waals surface area contributed by atoms with Crippen molar-refractivity contribution in [2.24, 2.45) is 5.92 Å². The van der Waals surface area contributed by atoms with Crippen LogP contribution in [0.3, 0.4) is 0 Å². The molecule has 0 N–H and O–H groups in total. The second-order valence-corrected chi connectivity index (χ2v) is 5.05. The van der Waals surface area contributed by atoms with Crippen LogP contribution in [-0.2, 0) is 4.74 Å². The van der Waals surface area contributed by atoms with Crippen molar-refractivity contribution in [2.45, 2.75) is 12.8 Å². The Morgan fingerprint density at radius 1 is 1.45 bits per heavy atom. The topological polar surface area (TPSA) is 72.7 Å². The van der Waals surface area contributed by atoms with E-state index in [-0.39, 0.29) is 5.69 Å². The summed E-state index contributed by atoms with van der Waals surface area (Å²) in [6.07, 6.45) is 2.68. The number of nitro groups is 1. The minimum Gasteiger partial charge on any atom is -0.381 e. The zero-order chi connectivity index (χ0) is 14.5. The van der Waals surface area contributed by atoms with E-state index in [1.807, 2.05) is 11.9 Å². The molecule has 1 saturated heterocycles. The maximum Gasteiger partial charge on any atom is 0.270 e. The normalized spacial score (nSPS) is 15.8. The summed E-state index contributed by atoms with van der Waals surface area (Å²) >= 11 is 0. The minimum atomic E-state index is -0.491. The molecule has 1 aromatic rings. The van der Waals surface area contributed by atoms with Crippen LogP contribution >= 0.6 is 0 Å². The number of anilines is 1. The van der Waals surface area contributed by atoms with Gasteiger partial charge in [-0.25, -0.2) is 0 Å². The van der Waals surface area contributed by atoms with Gasteiger partial charge < -0.3 is 9.64 Å². The fraction of sp³-hybridized carbons (Fsp3) is 0.500. The largest absolute Gasteiger partial charge is 0.381 e. The summed E-state index contributed by atoms with van der Waals surface area (Å²) < 4.78 is 5.32. The summed E-state index contributed by atoms with van der Waals surface area (Å²) in [7, 11) is 1.91. The molecule has 1 aliphatic rings. The molecule has 0 radical (unpaired) electrons. The lowest BCUT2D eigenvalue weighted by molar-refractivity contribution is -0.384. The van der Waals surface area contributed by atoms with Gasteiger partial charge in [-0.3, -0.25) is 14.9 Å². The van der Waals surface area contributed by atoms with Crippen LogP contribution in [0.4, 0.5) is 11.4 Å². The quantitative estimate of drug-likeness (QED) is 0.469. The van der Waals surface area contributed by atoms with Crippen molar-refractivity contribution in [1.82, 2.24) is 0 Å². The van der Waals surface area contributed by atoms with E-state index in [0.29, 0.717) is 17.8 Å². The minimum absolute atomic E-state index is 0.0599. The number of benzene rings is 1. The molecule has 20 heavy (non-hydrogen) atoms. The van der Waals surface area contributed by atoms with Gasteiger partial charge in [0.2, 0.25) is 0 Å². The van der Waals surface area contributed by atoms with Gasteiger partial charge in [0.1, 0.15) is 0 Å². The smallest absolute Gasteiger partial charge is 0.270 e. The molecular formula is C14H18N2O4. The van der Waals surface area contributed by atoms with E-state index < -0.39 is 4.92 Å². The first-order chi connectivity index (χ1) is 9.61. The Morgan fingerprint density at radius 3 is 2.75 bits per heavy atom. The van der Waals surface area contributed by atoms with Crippen LogP contribution in [0.5, 0.6) is 0 Å². The predicted molar refractivity (Wildman–Crippen MR) is 75.3 cm³/mol. The van der Waals surface area contributed by atoms with E-state index >= 15 is 0 Å². The van der Waals surface area contributed by atoms with E-state index in [0.717, 1.165) is 38.3 Å². The van der Waals surface area contributed by atoms with Crippen LogP contribution < -0.4 is 4.90 Å². The molecular weight excluding hydrogens is 260 g/mol. The van der Waals surface area contributed by atoms with Crippen molar-refractivity contribution in [3.05, 3.63) is 33.9 Å². The number of carbonyl (C=O) groups excluding carboxylic acids is 1. The molecule has 6 heteroatoms. The summed E-state index contributed by atoms with van der Waals surface area (Å²) in [5, 5.41) is 10.7. The van der Waals surface area contributed by atoms with E-state index in [9.17, 15) is 14.9 Å². The molecule has 0 bridgehead atoms. The fourth-order valence-corrected chi connectivity index (χ4v) is 2.51. The third kappa shape index (κ3) is 3.33. The molecule has 0 aromatic heterocycles. The SMILES string of the molecule is CN(CC1CCOCC1)c1ccc([N+](=O)[O-])cc1C=O. The number of non-ortho nitro benzene ring substituents is 1. The van der Waals surface area contributed by atoms with Gasteiger partial charge in [0.05, 0.1) is 4.92 Å². The van der Waals surface area contributed by atoms with E-state index in [1.54, 1.807) is 6.07 Å². The maximum atomic E-state index is 11.1. The van der Waals surface area contributed by atoms with Gasteiger partial charge >= 0.3 is 0 Å². The van der Waals surface area contributed by atoms with Crippen molar-refractivity contribution < 1.29 is 14.5 Å². The molecule has 1 aromatic carbocycles. The molecule has 1 heterocycles. The van der Waals surface area contributed by atoms with E-state index in [1.165, 1.54) is 12.1 Å². The number of carbonyl (C=O) groups is 1. The average Bonchev–Trinajstić information content (AvgIpc) is 2.47. The highest BCUT2D eigenvalue weighted by atomic mass is 16.6. The Morgan fingerprint density at radius 2 is 2.15 bits per heavy atom. The molecule has 1 fully saturated rings. The van der Waals surface area contributed by atoms with Gasteiger partial charge in [-0.2, -0.15) is 0 Å². The summed E-state index contributed by atoms with van der Waals surface area (Å²) in [5.41, 5.74) is 1.03. The number of rotatable bonds is 5. The number of ether oxygens (including phenoxy) is 1. The number of hydrogen-bond donors (Lipinski definition) is 0. The van der Waals surface area contributed by atoms with Crippen LogP contribution in [0.2, 0.25) is 0 Å². The van der Waals surface area contributed by atoms with Crippen LogP contribution in [-0.4, -0.2) is 38.0 Å². The van der Waals surface area contributed by atoms with Gasteiger partial charge in [-0.1, -0.05) is 0 Å². The number of nitro benzene ring substituents is 1. The highest BCUT2D eigenvalue weighted by Crippen LogP contribution is 2.25. The van der Waals surface area contributed by atoms with Gasteiger partial charge in [-0.15, -0.1) is 0 Å². The second kappa shape index (κ2) is 6.47. The first-order valence-corrected chi connectivity index (χ1v) is 6.64. The number of aldehydes is 1. The van der Waals surface area contributed by atoms with Crippen LogP contribution in [0.25, 0.3) is 0 Å². The summed E-state index contributed by atoms with van der Waals surface area (Å²) in [6, 6.07) is 4.40. The maximum absolute atomic E-state index is 11.1. The molecule has 0 atom stereocenters. The molecule has 0 aliphatic carbocycles. The van der Waals surface area contributed by atoms with E-state index in [4.69, 9.17) is 4.74 Å². The molecule has 0 amide bonds. The van der Waals surface area contributed by atoms with Crippen LogP contribution in [0, 0.1) is 16.0 Å². The Bertz CT molecular complexity index is 498. The van der Waals surface area contributed by atoms with Crippen molar-refractivity contribution >= 4 is 17.7 Å². The Labute approximate surface area is 117 Å². The summed E-state index contributed by atoms with van der Waals surface area (Å²) in [5.74, 6) is 0.531. The number of nitrogens with zero attached hydrogens (tertiary/aromatic N) is 2. The Hall–Kier alpha value is -1.95. The van der Waals surface area contributed by atoms with Crippen molar-refractivity contribution in [3.63, 3.8) is 0 Å². The monoisotopic (exact) mass is 278 g/mol. The van der Waals surface area contributed by atoms with Crippen molar-refractivity contribution in [3.8, 4) is 0 Å². The van der Waals surface area contributed by atoms with Gasteiger partial charge in [-0.05, 0) is 24.8 Å². The molecule has 6 nitrogen and oxygen atoms in total. The Kier molecular flexibility index (Phi) is 4.68. The van der Waals surface area contributed by atoms with Gasteiger partial charge in [0, 0.05) is 50.2 Å². The molecule has 0 spiro atoms. The summed E-state index contributed by atoms with van der Waals surface area (Å²) in [6.45, 7) is 2.38. The van der Waals surface area contributed by atoms with Gasteiger partial charge in [0.25, 0.3) is 5.69 Å². The van der Waals surface area contributed by atoms with Crippen LogP contribution in [0.1, 0.15) is 23.2 Å². The lowest BCUT2D eigenvalue weighted by Crippen LogP contribution is -2.30. The summed E-state index contributed by atoms with van der Waals surface area (Å²) in [4.78, 5) is 23.4. The lowest BCUT2D eigenvalue weighted by Gasteiger charge is -2.29. The van der Waals surface area contributed by atoms with Crippen molar-refractivity contribution in [1.29, 1.82) is 0 Å². The van der Waals surface area contributed by atoms with Gasteiger partial charge in [0.15, 0.2) is 6.29 Å². The van der Waals surface area contributed by atoms with Crippen molar-refractivity contribution in [2.75, 3.05) is 31.7 Å². The average molecular weight is 278 g/mol. The standard InChI is InChI=1S/C14H18N2O4/c1-15(9-11-4-6-20-7-5-11)14-3-2-13(16(18)19)8-12(14)10-17/h2-3,8,10-11H,4-7,9H2,1H3. The third-order valence-corrected chi connectivity index (χ3v) is 3.63. The first kappa shape index (κ1) is 14.5. The predicted octanol–water partition coefficient (Wildman–Crippen LogP) is 2.27. The first-order valence-electron chi connectivity index (χ1n) is 6.64. The molecule has 1 aliphatic heterocycles. The third-order valence-electron chi connectivity index (χ3n) is 3.63. The molecule has 0 unspecified atom stereocenters. The fourth-order valence-electron chi connectivity index (χ4n) is 2.51. The zero-order valence-electron chi connectivity index (χ0n) is 11.4. The lowest BCUT2D eigenvalue weighted by atomic mass is 9.99. The Balaban J connectivity index is 2.13. The van der Waals surface area contributed by atoms with E-state index in [2.05, 4.69) is 0 Å². The second-order valence-electron chi connectivity index (χ2n) is 5.05. The molecule has 108 valence electrons. The zero-order valence-corrected chi connectivity index (χ0v) is 11.4. The van der Waals surface area contributed by atoms with Crippen LogP contribution in [0.15, 0.2) is 18.2 Å². The highest BCUT2D eigenvalue weighted by molar-refractivity contribution is 5.85. The molecule has 0 saturated carbocycles.